The van der Waals surface area contributed by atoms with Gasteiger partial charge >= 0.3 is 0 Å². The molecule has 0 spiro atoms. The topological polar surface area (TPSA) is 35.0 Å². The minimum Gasteiger partial charge on any atom is -0.381 e. The number of thioether (sulfide) groups is 1. The van der Waals surface area contributed by atoms with Crippen LogP contribution in [0.4, 0.5) is 0 Å². The first-order chi connectivity index (χ1) is 7.85. The molecule has 1 aromatic heterocycles. The standard InChI is InChI=1S/C11H16N2OS2/c15-8-11(1-5-14-6-2-11)9-16-10-7-12-3-4-13-10/h3-4,7,15H,1-2,5-6,8-9H2. The Labute approximate surface area is 106 Å². The monoisotopic (exact) mass is 256 g/mol. The van der Waals surface area contributed by atoms with E-state index in [9.17, 15) is 0 Å². The molecule has 0 N–H and O–H groups in total. The van der Waals surface area contributed by atoms with E-state index in [4.69, 9.17) is 4.74 Å². The average Bonchev–Trinajstić information content (AvgIpc) is 2.39. The third-order valence-electron chi connectivity index (χ3n) is 2.95. The van der Waals surface area contributed by atoms with Crippen LogP contribution in [0.25, 0.3) is 0 Å². The average molecular weight is 256 g/mol. The predicted octanol–water partition coefficient (Wildman–Crippen LogP) is 2.30. The molecule has 0 saturated carbocycles. The second kappa shape index (κ2) is 5.89. The Kier molecular flexibility index (Phi) is 4.49. The normalized spacial score (nSPS) is 19.6. The Morgan fingerprint density at radius 1 is 1.38 bits per heavy atom. The minimum absolute atomic E-state index is 0.309. The highest BCUT2D eigenvalue weighted by molar-refractivity contribution is 7.99. The first kappa shape index (κ1) is 12.2. The molecule has 1 saturated heterocycles. The zero-order valence-corrected chi connectivity index (χ0v) is 10.8. The van der Waals surface area contributed by atoms with Crippen molar-refractivity contribution in [3.05, 3.63) is 18.6 Å². The molecule has 0 unspecified atom stereocenters. The van der Waals surface area contributed by atoms with Gasteiger partial charge in [0.15, 0.2) is 0 Å². The molecule has 0 bridgehead atoms. The molecule has 0 radical (unpaired) electrons. The SMILES string of the molecule is SCC1(CSc2cnccn2)CCOCC1. The molecule has 16 heavy (non-hydrogen) atoms. The highest BCUT2D eigenvalue weighted by atomic mass is 32.2. The molecule has 1 aliphatic heterocycles. The number of thiol groups is 1. The van der Waals surface area contributed by atoms with E-state index in [1.807, 2.05) is 6.20 Å². The Hall–Kier alpha value is -0.260. The summed E-state index contributed by atoms with van der Waals surface area (Å²) < 4.78 is 5.41. The van der Waals surface area contributed by atoms with Gasteiger partial charge in [0.05, 0.1) is 6.20 Å². The first-order valence-electron chi connectivity index (χ1n) is 5.42. The largest absolute Gasteiger partial charge is 0.381 e. The summed E-state index contributed by atoms with van der Waals surface area (Å²) in [7, 11) is 0. The summed E-state index contributed by atoms with van der Waals surface area (Å²) in [4.78, 5) is 8.34. The van der Waals surface area contributed by atoms with E-state index in [0.29, 0.717) is 5.41 Å². The van der Waals surface area contributed by atoms with E-state index in [1.165, 1.54) is 0 Å². The van der Waals surface area contributed by atoms with Gasteiger partial charge in [0.25, 0.3) is 0 Å². The molecule has 2 heterocycles. The van der Waals surface area contributed by atoms with Gasteiger partial charge in [0.1, 0.15) is 5.03 Å². The molecule has 0 atom stereocenters. The maximum Gasteiger partial charge on any atom is 0.114 e. The molecule has 0 amide bonds. The molecule has 0 aromatic carbocycles. The second-order valence-electron chi connectivity index (χ2n) is 4.10. The summed E-state index contributed by atoms with van der Waals surface area (Å²) in [5.74, 6) is 1.97. The van der Waals surface area contributed by atoms with Gasteiger partial charge in [-0.05, 0) is 24.0 Å². The van der Waals surface area contributed by atoms with Crippen molar-refractivity contribution in [3.8, 4) is 0 Å². The molecule has 88 valence electrons. The van der Waals surface area contributed by atoms with Crippen LogP contribution in [-0.2, 0) is 4.74 Å². The molecule has 5 heteroatoms. The van der Waals surface area contributed by atoms with Crippen LogP contribution in [0.1, 0.15) is 12.8 Å². The molecule has 3 nitrogen and oxygen atoms in total. The fourth-order valence-corrected chi connectivity index (χ4v) is 3.43. The van der Waals surface area contributed by atoms with E-state index in [-0.39, 0.29) is 0 Å². The van der Waals surface area contributed by atoms with Crippen LogP contribution in [-0.4, -0.2) is 34.7 Å². The van der Waals surface area contributed by atoms with E-state index >= 15 is 0 Å². The Morgan fingerprint density at radius 3 is 2.81 bits per heavy atom. The van der Waals surface area contributed by atoms with Gasteiger partial charge in [0.2, 0.25) is 0 Å². The van der Waals surface area contributed by atoms with Gasteiger partial charge < -0.3 is 4.74 Å². The van der Waals surface area contributed by atoms with Crippen LogP contribution in [0.3, 0.4) is 0 Å². The molecule has 0 aliphatic carbocycles. The van der Waals surface area contributed by atoms with Crippen molar-refractivity contribution < 1.29 is 4.74 Å². The first-order valence-corrected chi connectivity index (χ1v) is 7.04. The van der Waals surface area contributed by atoms with Gasteiger partial charge in [-0.15, -0.1) is 11.8 Å². The fraction of sp³-hybridized carbons (Fsp3) is 0.636. The molecular weight excluding hydrogens is 240 g/mol. The highest BCUT2D eigenvalue weighted by Crippen LogP contribution is 2.36. The number of ether oxygens (including phenoxy) is 1. The van der Waals surface area contributed by atoms with Crippen molar-refractivity contribution >= 4 is 24.4 Å². The fourth-order valence-electron chi connectivity index (χ4n) is 1.74. The maximum atomic E-state index is 5.41. The van der Waals surface area contributed by atoms with Crippen LogP contribution in [0, 0.1) is 5.41 Å². The van der Waals surface area contributed by atoms with E-state index < -0.39 is 0 Å². The summed E-state index contributed by atoms with van der Waals surface area (Å²) in [6.07, 6.45) is 7.45. The van der Waals surface area contributed by atoms with Crippen molar-refractivity contribution in [2.24, 2.45) is 5.41 Å². The second-order valence-corrected chi connectivity index (χ2v) is 5.41. The summed E-state index contributed by atoms with van der Waals surface area (Å²) >= 11 is 6.26. The number of aromatic nitrogens is 2. The van der Waals surface area contributed by atoms with Crippen molar-refractivity contribution in [1.29, 1.82) is 0 Å². The minimum atomic E-state index is 0.309. The molecule has 1 fully saturated rings. The maximum absolute atomic E-state index is 5.41. The summed E-state index contributed by atoms with van der Waals surface area (Å²) in [6.45, 7) is 1.73. The third kappa shape index (κ3) is 3.12. The Balaban J connectivity index is 1.92. The Bertz CT molecular complexity index is 315. The lowest BCUT2D eigenvalue weighted by molar-refractivity contribution is 0.0371. The van der Waals surface area contributed by atoms with Crippen LogP contribution < -0.4 is 0 Å². The highest BCUT2D eigenvalue weighted by Gasteiger charge is 2.31. The van der Waals surface area contributed by atoms with E-state index in [0.717, 1.165) is 42.6 Å². The number of hydrogen-bond donors (Lipinski definition) is 1. The van der Waals surface area contributed by atoms with Crippen LogP contribution in [0.5, 0.6) is 0 Å². The van der Waals surface area contributed by atoms with Crippen LogP contribution in [0.2, 0.25) is 0 Å². The summed E-state index contributed by atoms with van der Waals surface area (Å²) in [5, 5.41) is 0.996. The number of nitrogens with zero attached hydrogens (tertiary/aromatic N) is 2. The molecular formula is C11H16N2OS2. The number of hydrogen-bond acceptors (Lipinski definition) is 5. The van der Waals surface area contributed by atoms with Gasteiger partial charge in [-0.25, -0.2) is 4.98 Å². The molecule has 1 aromatic rings. The van der Waals surface area contributed by atoms with Crippen molar-refractivity contribution in [2.75, 3.05) is 24.7 Å². The van der Waals surface area contributed by atoms with Crippen molar-refractivity contribution in [3.63, 3.8) is 0 Å². The smallest absolute Gasteiger partial charge is 0.114 e. The lowest BCUT2D eigenvalue weighted by atomic mass is 9.84. The van der Waals surface area contributed by atoms with Crippen LogP contribution in [0.15, 0.2) is 23.6 Å². The number of rotatable bonds is 4. The van der Waals surface area contributed by atoms with E-state index in [1.54, 1.807) is 24.2 Å². The third-order valence-corrected chi connectivity index (χ3v) is 4.89. The molecule has 1 aliphatic rings. The molecule has 2 rings (SSSR count). The van der Waals surface area contributed by atoms with Gasteiger partial charge in [0, 0.05) is 31.4 Å². The van der Waals surface area contributed by atoms with Crippen molar-refractivity contribution in [1.82, 2.24) is 9.97 Å². The Morgan fingerprint density at radius 2 is 2.19 bits per heavy atom. The quantitative estimate of drug-likeness (QED) is 0.662. The zero-order valence-electron chi connectivity index (χ0n) is 9.13. The van der Waals surface area contributed by atoms with E-state index in [2.05, 4.69) is 22.6 Å². The lowest BCUT2D eigenvalue weighted by Gasteiger charge is -2.35. The lowest BCUT2D eigenvalue weighted by Crippen LogP contribution is -2.33. The van der Waals surface area contributed by atoms with Gasteiger partial charge in [-0.1, -0.05) is 0 Å². The van der Waals surface area contributed by atoms with Crippen molar-refractivity contribution in [2.45, 2.75) is 17.9 Å². The van der Waals surface area contributed by atoms with Gasteiger partial charge in [-0.3, -0.25) is 4.98 Å². The van der Waals surface area contributed by atoms with Crippen LogP contribution >= 0.6 is 24.4 Å². The zero-order chi connectivity index (χ0) is 11.3. The predicted molar refractivity (Wildman–Crippen MR) is 69.1 cm³/mol. The summed E-state index contributed by atoms with van der Waals surface area (Å²) in [6, 6.07) is 0. The summed E-state index contributed by atoms with van der Waals surface area (Å²) in [5.41, 5.74) is 0.309. The van der Waals surface area contributed by atoms with Gasteiger partial charge in [-0.2, -0.15) is 12.6 Å².